The highest BCUT2D eigenvalue weighted by atomic mass is 16.2. The Morgan fingerprint density at radius 2 is 2.15 bits per heavy atom. The van der Waals surface area contributed by atoms with E-state index in [0.717, 1.165) is 12.8 Å². The SMILES string of the molecule is CC(C)(N)CNC(=O)NC1CCC1. The molecule has 1 rings (SSSR count). The Bertz CT molecular complexity index is 182. The third kappa shape index (κ3) is 4.12. The number of hydrogen-bond acceptors (Lipinski definition) is 2. The molecule has 0 aromatic heterocycles. The van der Waals surface area contributed by atoms with Crippen LogP contribution in [0.15, 0.2) is 0 Å². The van der Waals surface area contributed by atoms with E-state index in [4.69, 9.17) is 5.73 Å². The van der Waals surface area contributed by atoms with E-state index >= 15 is 0 Å². The molecule has 1 aliphatic carbocycles. The normalized spacial score (nSPS) is 17.8. The molecule has 2 amide bonds. The summed E-state index contributed by atoms with van der Waals surface area (Å²) in [5.41, 5.74) is 5.38. The minimum absolute atomic E-state index is 0.0942. The average Bonchev–Trinajstić information content (AvgIpc) is 1.91. The second-order valence-corrected chi connectivity index (χ2v) is 4.44. The van der Waals surface area contributed by atoms with Crippen molar-refractivity contribution in [3.8, 4) is 0 Å². The van der Waals surface area contributed by atoms with Crippen molar-refractivity contribution in [1.29, 1.82) is 0 Å². The van der Waals surface area contributed by atoms with Gasteiger partial charge in [0.2, 0.25) is 0 Å². The number of carbonyl (C=O) groups excluding carboxylic acids is 1. The first-order valence-corrected chi connectivity index (χ1v) is 4.81. The van der Waals surface area contributed by atoms with Crippen molar-refractivity contribution >= 4 is 6.03 Å². The monoisotopic (exact) mass is 185 g/mol. The number of rotatable bonds is 3. The van der Waals surface area contributed by atoms with Gasteiger partial charge in [-0.05, 0) is 33.1 Å². The topological polar surface area (TPSA) is 67.1 Å². The molecule has 0 spiro atoms. The Hall–Kier alpha value is -0.770. The maximum absolute atomic E-state index is 11.2. The van der Waals surface area contributed by atoms with Crippen LogP contribution in [0.25, 0.3) is 0 Å². The van der Waals surface area contributed by atoms with E-state index in [1.165, 1.54) is 6.42 Å². The van der Waals surface area contributed by atoms with Crippen molar-refractivity contribution in [2.45, 2.75) is 44.7 Å². The lowest BCUT2D eigenvalue weighted by Gasteiger charge is -2.27. The van der Waals surface area contributed by atoms with E-state index in [-0.39, 0.29) is 11.6 Å². The molecule has 0 aromatic carbocycles. The molecule has 0 atom stereocenters. The first-order valence-electron chi connectivity index (χ1n) is 4.81. The Morgan fingerprint density at radius 3 is 2.54 bits per heavy atom. The molecule has 4 N–H and O–H groups in total. The van der Waals surface area contributed by atoms with Crippen molar-refractivity contribution in [2.75, 3.05) is 6.54 Å². The molecular formula is C9H19N3O. The standard InChI is InChI=1S/C9H19N3O/c1-9(2,10)6-11-8(13)12-7-4-3-5-7/h7H,3-6,10H2,1-2H3,(H2,11,12,13). The number of hydrogen-bond donors (Lipinski definition) is 3. The fourth-order valence-electron chi connectivity index (χ4n) is 1.10. The minimum atomic E-state index is -0.336. The van der Waals surface area contributed by atoms with Crippen LogP contribution >= 0.6 is 0 Å². The molecule has 0 radical (unpaired) electrons. The van der Waals surface area contributed by atoms with Crippen LogP contribution in [-0.2, 0) is 0 Å². The zero-order valence-corrected chi connectivity index (χ0v) is 8.39. The highest BCUT2D eigenvalue weighted by molar-refractivity contribution is 5.74. The van der Waals surface area contributed by atoms with Gasteiger partial charge in [-0.3, -0.25) is 0 Å². The predicted octanol–water partition coefficient (Wildman–Crippen LogP) is 0.575. The molecule has 4 nitrogen and oxygen atoms in total. The van der Waals surface area contributed by atoms with Crippen LogP contribution in [-0.4, -0.2) is 24.2 Å². The van der Waals surface area contributed by atoms with Crippen LogP contribution in [0.1, 0.15) is 33.1 Å². The summed E-state index contributed by atoms with van der Waals surface area (Å²) in [6, 6.07) is 0.295. The Kier molecular flexibility index (Phi) is 3.14. The summed E-state index contributed by atoms with van der Waals surface area (Å²) in [6.07, 6.45) is 3.45. The highest BCUT2D eigenvalue weighted by Gasteiger charge is 2.20. The molecule has 13 heavy (non-hydrogen) atoms. The summed E-state index contributed by atoms with van der Waals surface area (Å²) in [5, 5.41) is 5.63. The van der Waals surface area contributed by atoms with E-state index in [1.54, 1.807) is 0 Å². The van der Waals surface area contributed by atoms with Gasteiger partial charge in [0, 0.05) is 18.1 Å². The molecule has 0 aromatic rings. The number of urea groups is 1. The van der Waals surface area contributed by atoms with Gasteiger partial charge in [-0.2, -0.15) is 0 Å². The lowest BCUT2D eigenvalue weighted by atomic mass is 9.93. The number of amides is 2. The van der Waals surface area contributed by atoms with Crippen molar-refractivity contribution in [3.63, 3.8) is 0 Å². The summed E-state index contributed by atoms with van der Waals surface area (Å²) in [7, 11) is 0. The molecule has 4 heteroatoms. The molecule has 0 bridgehead atoms. The minimum Gasteiger partial charge on any atom is -0.336 e. The zero-order chi connectivity index (χ0) is 9.90. The summed E-state index contributed by atoms with van der Waals surface area (Å²) >= 11 is 0. The Morgan fingerprint density at radius 1 is 1.54 bits per heavy atom. The van der Waals surface area contributed by atoms with Crippen LogP contribution in [0.4, 0.5) is 4.79 Å². The van der Waals surface area contributed by atoms with Gasteiger partial charge in [-0.25, -0.2) is 4.79 Å². The van der Waals surface area contributed by atoms with Gasteiger partial charge in [-0.15, -0.1) is 0 Å². The Labute approximate surface area is 79.3 Å². The van der Waals surface area contributed by atoms with E-state index in [2.05, 4.69) is 10.6 Å². The quantitative estimate of drug-likeness (QED) is 0.602. The van der Waals surface area contributed by atoms with E-state index in [0.29, 0.717) is 12.6 Å². The van der Waals surface area contributed by atoms with Gasteiger partial charge in [-0.1, -0.05) is 0 Å². The maximum atomic E-state index is 11.2. The van der Waals surface area contributed by atoms with Gasteiger partial charge < -0.3 is 16.4 Å². The second-order valence-electron chi connectivity index (χ2n) is 4.44. The van der Waals surface area contributed by atoms with Gasteiger partial charge >= 0.3 is 6.03 Å². The van der Waals surface area contributed by atoms with Crippen LogP contribution < -0.4 is 16.4 Å². The van der Waals surface area contributed by atoms with E-state index < -0.39 is 0 Å². The Balaban J connectivity index is 2.10. The first kappa shape index (κ1) is 10.3. The fourth-order valence-corrected chi connectivity index (χ4v) is 1.10. The third-order valence-electron chi connectivity index (χ3n) is 2.14. The molecule has 0 saturated heterocycles. The largest absolute Gasteiger partial charge is 0.336 e. The maximum Gasteiger partial charge on any atom is 0.315 e. The molecule has 1 aliphatic rings. The van der Waals surface area contributed by atoms with Gasteiger partial charge in [0.1, 0.15) is 0 Å². The number of carbonyl (C=O) groups is 1. The van der Waals surface area contributed by atoms with Crippen LogP contribution in [0.5, 0.6) is 0 Å². The van der Waals surface area contributed by atoms with Crippen molar-refractivity contribution in [2.24, 2.45) is 5.73 Å². The van der Waals surface area contributed by atoms with Crippen molar-refractivity contribution in [3.05, 3.63) is 0 Å². The number of nitrogens with two attached hydrogens (primary N) is 1. The van der Waals surface area contributed by atoms with Gasteiger partial charge in [0.25, 0.3) is 0 Å². The number of nitrogens with one attached hydrogen (secondary N) is 2. The molecule has 1 fully saturated rings. The summed E-state index contributed by atoms with van der Waals surface area (Å²) in [5.74, 6) is 0. The second kappa shape index (κ2) is 3.96. The van der Waals surface area contributed by atoms with Gasteiger partial charge in [0.05, 0.1) is 0 Å². The average molecular weight is 185 g/mol. The van der Waals surface area contributed by atoms with Crippen LogP contribution in [0.2, 0.25) is 0 Å². The molecule has 0 unspecified atom stereocenters. The molecule has 0 aliphatic heterocycles. The molecular weight excluding hydrogens is 166 g/mol. The lowest BCUT2D eigenvalue weighted by molar-refractivity contribution is 0.226. The van der Waals surface area contributed by atoms with Crippen molar-refractivity contribution < 1.29 is 4.79 Å². The van der Waals surface area contributed by atoms with Gasteiger partial charge in [0.15, 0.2) is 0 Å². The molecule has 0 heterocycles. The molecule has 76 valence electrons. The van der Waals surface area contributed by atoms with Crippen molar-refractivity contribution in [1.82, 2.24) is 10.6 Å². The zero-order valence-electron chi connectivity index (χ0n) is 8.39. The summed E-state index contributed by atoms with van der Waals surface area (Å²) < 4.78 is 0. The smallest absolute Gasteiger partial charge is 0.315 e. The third-order valence-corrected chi connectivity index (χ3v) is 2.14. The predicted molar refractivity (Wildman–Crippen MR) is 52.4 cm³/mol. The van der Waals surface area contributed by atoms with E-state index in [1.807, 2.05) is 13.8 Å². The fraction of sp³-hybridized carbons (Fsp3) is 0.889. The summed E-state index contributed by atoms with van der Waals surface area (Å²) in [4.78, 5) is 11.2. The summed E-state index contributed by atoms with van der Waals surface area (Å²) in [6.45, 7) is 4.28. The van der Waals surface area contributed by atoms with Crippen LogP contribution in [0, 0.1) is 0 Å². The molecule has 1 saturated carbocycles. The lowest BCUT2D eigenvalue weighted by Crippen LogP contribution is -2.51. The van der Waals surface area contributed by atoms with Crippen LogP contribution in [0.3, 0.4) is 0 Å². The first-order chi connectivity index (χ1) is 5.97. The van der Waals surface area contributed by atoms with E-state index in [9.17, 15) is 4.79 Å². The highest BCUT2D eigenvalue weighted by Crippen LogP contribution is 2.17.